The van der Waals surface area contributed by atoms with Gasteiger partial charge in [-0.1, -0.05) is 12.1 Å². The molecular formula is C18H29N3OS. The number of hydrogen-bond acceptors (Lipinski definition) is 3. The van der Waals surface area contributed by atoms with Gasteiger partial charge in [-0.25, -0.2) is 0 Å². The molecule has 0 aromatic heterocycles. The third-order valence-corrected chi connectivity index (χ3v) is 5.79. The van der Waals surface area contributed by atoms with Crippen LogP contribution in [-0.2, 0) is 6.42 Å². The molecule has 1 aromatic carbocycles. The lowest BCUT2D eigenvalue weighted by Crippen LogP contribution is -2.43. The number of thioether (sulfide) groups is 1. The molecule has 2 rings (SSSR count). The van der Waals surface area contributed by atoms with Gasteiger partial charge in [0.25, 0.3) is 0 Å². The molecule has 2 N–H and O–H groups in total. The number of aliphatic imine (C=N–C) groups is 1. The number of ether oxygens (including phenoxy) is 1. The molecule has 1 aliphatic heterocycles. The van der Waals surface area contributed by atoms with Crippen molar-refractivity contribution in [1.29, 1.82) is 0 Å². The maximum atomic E-state index is 5.18. The molecule has 0 radical (unpaired) electrons. The van der Waals surface area contributed by atoms with E-state index in [-0.39, 0.29) is 0 Å². The van der Waals surface area contributed by atoms with Crippen LogP contribution in [0.2, 0.25) is 0 Å². The van der Waals surface area contributed by atoms with Crippen molar-refractivity contribution in [3.8, 4) is 5.75 Å². The standard InChI is InChI=1S/C18H29N3OS/c1-18(11-5-13-23-18)14-21-17(19-2)20-12-4-6-15-7-9-16(22-3)10-8-15/h7-10H,4-6,11-14H2,1-3H3,(H2,19,20,21). The fraction of sp³-hybridized carbons (Fsp3) is 0.611. The van der Waals surface area contributed by atoms with Crippen LogP contribution in [0, 0.1) is 0 Å². The van der Waals surface area contributed by atoms with Gasteiger partial charge in [0.2, 0.25) is 0 Å². The van der Waals surface area contributed by atoms with E-state index < -0.39 is 0 Å². The highest BCUT2D eigenvalue weighted by Gasteiger charge is 2.29. The van der Waals surface area contributed by atoms with E-state index in [1.54, 1.807) is 7.11 Å². The topological polar surface area (TPSA) is 45.7 Å². The SMILES string of the molecule is CN=C(NCCCc1ccc(OC)cc1)NCC1(C)CCCS1. The molecule has 0 spiro atoms. The van der Waals surface area contributed by atoms with Gasteiger partial charge < -0.3 is 15.4 Å². The zero-order valence-corrected chi connectivity index (χ0v) is 15.3. The normalized spacial score (nSPS) is 21.3. The highest BCUT2D eigenvalue weighted by molar-refractivity contribution is 8.00. The fourth-order valence-corrected chi connectivity index (χ4v) is 4.00. The second-order valence-electron chi connectivity index (χ2n) is 6.21. The van der Waals surface area contributed by atoms with E-state index in [1.807, 2.05) is 19.2 Å². The molecule has 0 amide bonds. The van der Waals surface area contributed by atoms with Crippen molar-refractivity contribution in [2.45, 2.75) is 37.4 Å². The Labute approximate surface area is 144 Å². The van der Waals surface area contributed by atoms with Gasteiger partial charge in [-0.15, -0.1) is 0 Å². The number of methoxy groups -OCH3 is 1. The maximum Gasteiger partial charge on any atom is 0.191 e. The van der Waals surface area contributed by atoms with E-state index in [0.717, 1.165) is 37.6 Å². The Hall–Kier alpha value is -1.36. The number of benzene rings is 1. The minimum atomic E-state index is 0.362. The largest absolute Gasteiger partial charge is 0.497 e. The fourth-order valence-electron chi connectivity index (χ4n) is 2.76. The summed E-state index contributed by atoms with van der Waals surface area (Å²) in [5, 5.41) is 6.88. The molecule has 128 valence electrons. The van der Waals surface area contributed by atoms with Gasteiger partial charge in [-0.2, -0.15) is 11.8 Å². The summed E-state index contributed by atoms with van der Waals surface area (Å²) in [4.78, 5) is 4.32. The molecule has 1 aliphatic rings. The second kappa shape index (κ2) is 9.06. The van der Waals surface area contributed by atoms with E-state index in [2.05, 4.69) is 46.4 Å². The summed E-state index contributed by atoms with van der Waals surface area (Å²) in [7, 11) is 3.53. The molecule has 0 bridgehead atoms. The first-order valence-corrected chi connectivity index (χ1v) is 9.35. The molecule has 0 aliphatic carbocycles. The van der Waals surface area contributed by atoms with Crippen molar-refractivity contribution < 1.29 is 4.74 Å². The Morgan fingerprint density at radius 1 is 1.30 bits per heavy atom. The predicted molar refractivity (Wildman–Crippen MR) is 101 cm³/mol. The first-order valence-electron chi connectivity index (χ1n) is 8.37. The molecule has 0 saturated carbocycles. The van der Waals surface area contributed by atoms with E-state index in [0.29, 0.717) is 4.75 Å². The number of aryl methyl sites for hydroxylation is 1. The number of rotatable bonds is 7. The van der Waals surface area contributed by atoms with Crippen LogP contribution in [0.4, 0.5) is 0 Å². The quantitative estimate of drug-likeness (QED) is 0.457. The summed E-state index contributed by atoms with van der Waals surface area (Å²) in [6.07, 6.45) is 4.76. The number of hydrogen-bond donors (Lipinski definition) is 2. The zero-order valence-electron chi connectivity index (χ0n) is 14.5. The van der Waals surface area contributed by atoms with Gasteiger partial charge in [-0.05, 0) is 56.1 Å². The Morgan fingerprint density at radius 3 is 2.70 bits per heavy atom. The number of nitrogens with one attached hydrogen (secondary N) is 2. The van der Waals surface area contributed by atoms with Gasteiger partial charge in [0.05, 0.1) is 7.11 Å². The first-order chi connectivity index (χ1) is 11.1. The molecule has 5 heteroatoms. The molecular weight excluding hydrogens is 306 g/mol. The van der Waals surface area contributed by atoms with Crippen LogP contribution in [0.25, 0.3) is 0 Å². The lowest BCUT2D eigenvalue weighted by molar-refractivity contribution is 0.414. The first kappa shape index (κ1) is 18.0. The van der Waals surface area contributed by atoms with Gasteiger partial charge in [0.1, 0.15) is 5.75 Å². The average Bonchev–Trinajstić information content (AvgIpc) is 3.01. The van der Waals surface area contributed by atoms with Crippen LogP contribution < -0.4 is 15.4 Å². The molecule has 1 atom stereocenters. The number of guanidine groups is 1. The van der Waals surface area contributed by atoms with Gasteiger partial charge in [-0.3, -0.25) is 4.99 Å². The van der Waals surface area contributed by atoms with E-state index >= 15 is 0 Å². The van der Waals surface area contributed by atoms with Crippen LogP contribution in [0.15, 0.2) is 29.3 Å². The molecule has 1 saturated heterocycles. The van der Waals surface area contributed by atoms with Crippen LogP contribution in [0.3, 0.4) is 0 Å². The molecule has 1 heterocycles. The molecule has 1 fully saturated rings. The monoisotopic (exact) mass is 335 g/mol. The minimum Gasteiger partial charge on any atom is -0.497 e. The highest BCUT2D eigenvalue weighted by atomic mass is 32.2. The Kier molecular flexibility index (Phi) is 7.09. The van der Waals surface area contributed by atoms with Gasteiger partial charge in [0, 0.05) is 24.9 Å². The Morgan fingerprint density at radius 2 is 2.09 bits per heavy atom. The minimum absolute atomic E-state index is 0.362. The lowest BCUT2D eigenvalue weighted by atomic mass is 10.1. The van der Waals surface area contributed by atoms with Crippen LogP contribution in [0.1, 0.15) is 31.7 Å². The van der Waals surface area contributed by atoms with Crippen molar-refractivity contribution in [3.05, 3.63) is 29.8 Å². The third-order valence-electron chi connectivity index (χ3n) is 4.25. The van der Waals surface area contributed by atoms with Gasteiger partial charge >= 0.3 is 0 Å². The van der Waals surface area contributed by atoms with Crippen LogP contribution in [0.5, 0.6) is 5.75 Å². The summed E-state index contributed by atoms with van der Waals surface area (Å²) in [6, 6.07) is 8.29. The Balaban J connectivity index is 1.65. The van der Waals surface area contributed by atoms with E-state index in [9.17, 15) is 0 Å². The summed E-state index contributed by atoms with van der Waals surface area (Å²) in [5.74, 6) is 3.11. The molecule has 4 nitrogen and oxygen atoms in total. The van der Waals surface area contributed by atoms with E-state index in [4.69, 9.17) is 4.74 Å². The van der Waals surface area contributed by atoms with Gasteiger partial charge in [0.15, 0.2) is 5.96 Å². The maximum absolute atomic E-state index is 5.18. The van der Waals surface area contributed by atoms with Crippen molar-refractivity contribution in [3.63, 3.8) is 0 Å². The lowest BCUT2D eigenvalue weighted by Gasteiger charge is -2.24. The summed E-state index contributed by atoms with van der Waals surface area (Å²) >= 11 is 2.07. The van der Waals surface area contributed by atoms with Crippen molar-refractivity contribution in [1.82, 2.24) is 10.6 Å². The summed E-state index contributed by atoms with van der Waals surface area (Å²) in [5.41, 5.74) is 1.34. The molecule has 23 heavy (non-hydrogen) atoms. The van der Waals surface area contributed by atoms with Crippen molar-refractivity contribution in [2.24, 2.45) is 4.99 Å². The summed E-state index contributed by atoms with van der Waals surface area (Å²) in [6.45, 7) is 4.25. The van der Waals surface area contributed by atoms with Crippen LogP contribution >= 0.6 is 11.8 Å². The van der Waals surface area contributed by atoms with Crippen molar-refractivity contribution in [2.75, 3.05) is 33.0 Å². The average molecular weight is 336 g/mol. The highest BCUT2D eigenvalue weighted by Crippen LogP contribution is 2.36. The van der Waals surface area contributed by atoms with Crippen LogP contribution in [-0.4, -0.2) is 43.7 Å². The van der Waals surface area contributed by atoms with E-state index in [1.165, 1.54) is 24.2 Å². The predicted octanol–water partition coefficient (Wildman–Crippen LogP) is 3.08. The zero-order chi connectivity index (χ0) is 16.5. The molecule has 1 unspecified atom stereocenters. The smallest absolute Gasteiger partial charge is 0.191 e. The van der Waals surface area contributed by atoms with Crippen molar-refractivity contribution >= 4 is 17.7 Å². The third kappa shape index (κ3) is 5.98. The number of nitrogens with zero attached hydrogens (tertiary/aromatic N) is 1. The Bertz CT molecular complexity index is 495. The summed E-state index contributed by atoms with van der Waals surface area (Å²) < 4.78 is 5.54. The second-order valence-corrected chi connectivity index (χ2v) is 7.89. The molecule has 1 aromatic rings.